The highest BCUT2D eigenvalue weighted by Crippen LogP contribution is 2.33. The molecule has 6 heteroatoms. The number of nitrogens with one attached hydrogen (secondary N) is 1. The summed E-state index contributed by atoms with van der Waals surface area (Å²) in [6, 6.07) is 14.1. The number of Topliss-reactive ketones (excluding diaryl/α,β-unsaturated/α-hetero) is 1. The molecule has 0 aliphatic carbocycles. The van der Waals surface area contributed by atoms with Gasteiger partial charge in [0, 0.05) is 24.2 Å². The summed E-state index contributed by atoms with van der Waals surface area (Å²) in [5, 5.41) is 2.79. The summed E-state index contributed by atoms with van der Waals surface area (Å²) in [6.45, 7) is 1.60. The topological polar surface area (TPSA) is 75.7 Å². The Morgan fingerprint density at radius 1 is 1.16 bits per heavy atom. The molecule has 0 aromatic heterocycles. The predicted octanol–water partition coefficient (Wildman–Crippen LogP) is 2.64. The van der Waals surface area contributed by atoms with Crippen LogP contribution < -0.4 is 15.0 Å². The van der Waals surface area contributed by atoms with Crippen molar-refractivity contribution in [3.63, 3.8) is 0 Å². The van der Waals surface area contributed by atoms with E-state index in [0.29, 0.717) is 22.7 Å². The first-order valence-electron chi connectivity index (χ1n) is 7.97. The average Bonchev–Trinajstić information content (AvgIpc) is 2.61. The zero-order chi connectivity index (χ0) is 17.8. The molecule has 25 heavy (non-hydrogen) atoms. The number of carbonyl (C=O) groups is 3. The molecule has 1 aliphatic rings. The number of ether oxygens (including phenoxy) is 1. The largest absolute Gasteiger partial charge is 0.482 e. The number of benzene rings is 2. The fourth-order valence-corrected chi connectivity index (χ4v) is 2.62. The standard InChI is InChI=1S/C19H18N2O4/c1-13(22)14-7-8-17-16(11-14)21(19(24)12-25-17)10-9-18(23)20-15-5-3-2-4-6-15/h2-8,11H,9-10,12H2,1H3,(H,20,23). The number of ketones is 1. The van der Waals surface area contributed by atoms with Gasteiger partial charge < -0.3 is 15.0 Å². The highest BCUT2D eigenvalue weighted by atomic mass is 16.5. The Balaban J connectivity index is 1.72. The summed E-state index contributed by atoms with van der Waals surface area (Å²) in [5.74, 6) is 0.0196. The van der Waals surface area contributed by atoms with E-state index in [-0.39, 0.29) is 37.2 Å². The van der Waals surface area contributed by atoms with Crippen molar-refractivity contribution >= 4 is 29.0 Å². The first-order chi connectivity index (χ1) is 12.0. The van der Waals surface area contributed by atoms with Crippen molar-refractivity contribution in [3.05, 3.63) is 54.1 Å². The summed E-state index contributed by atoms with van der Waals surface area (Å²) in [7, 11) is 0. The second-order valence-electron chi connectivity index (χ2n) is 5.74. The van der Waals surface area contributed by atoms with Gasteiger partial charge in [-0.25, -0.2) is 0 Å². The van der Waals surface area contributed by atoms with Crippen LogP contribution in [0.1, 0.15) is 23.7 Å². The molecule has 0 radical (unpaired) electrons. The van der Waals surface area contributed by atoms with Gasteiger partial charge in [0.2, 0.25) is 5.91 Å². The number of anilines is 2. The maximum Gasteiger partial charge on any atom is 0.265 e. The quantitative estimate of drug-likeness (QED) is 0.851. The minimum Gasteiger partial charge on any atom is -0.482 e. The molecule has 3 rings (SSSR count). The van der Waals surface area contributed by atoms with Crippen LogP contribution in [-0.4, -0.2) is 30.7 Å². The van der Waals surface area contributed by atoms with Gasteiger partial charge in [0.1, 0.15) is 5.75 Å². The van der Waals surface area contributed by atoms with Crippen LogP contribution in [0.4, 0.5) is 11.4 Å². The smallest absolute Gasteiger partial charge is 0.265 e. The third kappa shape index (κ3) is 3.85. The SMILES string of the molecule is CC(=O)c1ccc2c(c1)N(CCC(=O)Nc1ccccc1)C(=O)CO2. The fourth-order valence-electron chi connectivity index (χ4n) is 2.62. The lowest BCUT2D eigenvalue weighted by Crippen LogP contribution is -2.40. The summed E-state index contributed by atoms with van der Waals surface area (Å²) in [5.41, 5.74) is 1.73. The van der Waals surface area contributed by atoms with Crippen molar-refractivity contribution in [3.8, 4) is 5.75 Å². The van der Waals surface area contributed by atoms with Crippen molar-refractivity contribution in [1.82, 2.24) is 0 Å². The maximum atomic E-state index is 12.2. The molecule has 0 saturated heterocycles. The van der Waals surface area contributed by atoms with Crippen molar-refractivity contribution in [2.75, 3.05) is 23.4 Å². The van der Waals surface area contributed by atoms with Gasteiger partial charge in [-0.15, -0.1) is 0 Å². The van der Waals surface area contributed by atoms with Crippen LogP contribution in [0.3, 0.4) is 0 Å². The van der Waals surface area contributed by atoms with Gasteiger partial charge in [-0.1, -0.05) is 18.2 Å². The van der Waals surface area contributed by atoms with Crippen molar-refractivity contribution in [2.45, 2.75) is 13.3 Å². The normalized spacial score (nSPS) is 13.0. The molecular weight excluding hydrogens is 320 g/mol. The number of hydrogen-bond acceptors (Lipinski definition) is 4. The van der Waals surface area contributed by atoms with Crippen molar-refractivity contribution < 1.29 is 19.1 Å². The Morgan fingerprint density at radius 3 is 2.64 bits per heavy atom. The molecule has 0 atom stereocenters. The molecule has 6 nitrogen and oxygen atoms in total. The van der Waals surface area contributed by atoms with E-state index in [1.165, 1.54) is 11.8 Å². The molecule has 2 aromatic carbocycles. The molecule has 0 spiro atoms. The number of hydrogen-bond donors (Lipinski definition) is 1. The highest BCUT2D eigenvalue weighted by molar-refractivity contribution is 6.02. The summed E-state index contributed by atoms with van der Waals surface area (Å²) in [6.07, 6.45) is 0.143. The number of para-hydroxylation sites is 1. The van der Waals surface area contributed by atoms with E-state index in [4.69, 9.17) is 4.74 Å². The predicted molar refractivity (Wildman–Crippen MR) is 94.0 cm³/mol. The monoisotopic (exact) mass is 338 g/mol. The van der Waals surface area contributed by atoms with E-state index in [0.717, 1.165) is 0 Å². The maximum absolute atomic E-state index is 12.2. The average molecular weight is 338 g/mol. The van der Waals surface area contributed by atoms with Crippen LogP contribution in [0, 0.1) is 0 Å². The van der Waals surface area contributed by atoms with Crippen LogP contribution in [0.15, 0.2) is 48.5 Å². The van der Waals surface area contributed by atoms with Gasteiger partial charge in [0.25, 0.3) is 5.91 Å². The van der Waals surface area contributed by atoms with E-state index in [2.05, 4.69) is 5.32 Å². The summed E-state index contributed by atoms with van der Waals surface area (Å²) in [4.78, 5) is 37.4. The van der Waals surface area contributed by atoms with Gasteiger partial charge in [-0.2, -0.15) is 0 Å². The van der Waals surface area contributed by atoms with E-state index in [9.17, 15) is 14.4 Å². The Morgan fingerprint density at radius 2 is 1.92 bits per heavy atom. The molecule has 1 N–H and O–H groups in total. The Bertz CT molecular complexity index is 817. The van der Waals surface area contributed by atoms with Gasteiger partial charge >= 0.3 is 0 Å². The summed E-state index contributed by atoms with van der Waals surface area (Å²) >= 11 is 0. The lowest BCUT2D eigenvalue weighted by molar-refractivity contribution is -0.121. The van der Waals surface area contributed by atoms with Crippen LogP contribution in [0.2, 0.25) is 0 Å². The zero-order valence-electron chi connectivity index (χ0n) is 13.8. The third-order valence-corrected chi connectivity index (χ3v) is 3.93. The number of nitrogens with zero attached hydrogens (tertiary/aromatic N) is 1. The molecular formula is C19H18N2O4. The third-order valence-electron chi connectivity index (χ3n) is 3.93. The lowest BCUT2D eigenvalue weighted by atomic mass is 10.1. The van der Waals surface area contributed by atoms with E-state index < -0.39 is 0 Å². The Kier molecular flexibility index (Phi) is 4.79. The molecule has 2 amide bonds. The highest BCUT2D eigenvalue weighted by Gasteiger charge is 2.26. The molecule has 128 valence electrons. The van der Waals surface area contributed by atoms with Gasteiger partial charge in [0.05, 0.1) is 5.69 Å². The van der Waals surface area contributed by atoms with E-state index >= 15 is 0 Å². The number of rotatable bonds is 5. The van der Waals surface area contributed by atoms with E-state index in [1.54, 1.807) is 30.3 Å². The fraction of sp³-hybridized carbons (Fsp3) is 0.211. The Labute approximate surface area is 145 Å². The van der Waals surface area contributed by atoms with Gasteiger partial charge in [-0.3, -0.25) is 14.4 Å². The van der Waals surface area contributed by atoms with Crippen LogP contribution >= 0.6 is 0 Å². The van der Waals surface area contributed by atoms with Crippen molar-refractivity contribution in [2.24, 2.45) is 0 Å². The first kappa shape index (κ1) is 16.7. The molecule has 0 unspecified atom stereocenters. The minimum atomic E-state index is -0.235. The zero-order valence-corrected chi connectivity index (χ0v) is 13.8. The number of carbonyl (C=O) groups excluding carboxylic acids is 3. The van der Waals surface area contributed by atoms with Crippen molar-refractivity contribution in [1.29, 1.82) is 0 Å². The van der Waals surface area contributed by atoms with Gasteiger partial charge in [-0.05, 0) is 37.3 Å². The van der Waals surface area contributed by atoms with Crippen LogP contribution in [0.25, 0.3) is 0 Å². The molecule has 0 saturated carbocycles. The second-order valence-corrected chi connectivity index (χ2v) is 5.74. The lowest BCUT2D eigenvalue weighted by Gasteiger charge is -2.29. The molecule has 1 heterocycles. The Hall–Kier alpha value is -3.15. The van der Waals surface area contributed by atoms with Crippen LogP contribution in [-0.2, 0) is 9.59 Å². The minimum absolute atomic E-state index is 0.0767. The molecule has 1 aliphatic heterocycles. The van der Waals surface area contributed by atoms with Gasteiger partial charge in [0.15, 0.2) is 12.4 Å². The number of amides is 2. The first-order valence-corrected chi connectivity index (χ1v) is 7.97. The number of fused-ring (bicyclic) bond motifs is 1. The van der Waals surface area contributed by atoms with E-state index in [1.807, 2.05) is 18.2 Å². The summed E-state index contributed by atoms with van der Waals surface area (Å²) < 4.78 is 5.40. The molecule has 2 aromatic rings. The molecule has 0 fully saturated rings. The molecule has 0 bridgehead atoms. The van der Waals surface area contributed by atoms with Crippen LogP contribution in [0.5, 0.6) is 5.75 Å². The second kappa shape index (κ2) is 7.17.